The summed E-state index contributed by atoms with van der Waals surface area (Å²) < 4.78 is 0. The van der Waals surface area contributed by atoms with Crippen LogP contribution >= 0.6 is 0 Å². The quantitative estimate of drug-likeness (QED) is 0.521. The molecule has 31 heavy (non-hydrogen) atoms. The van der Waals surface area contributed by atoms with Crippen molar-refractivity contribution in [2.45, 2.75) is 50.4 Å². The molecular formula is C25H39N5O. The molecule has 4 rings (SSSR count). The Morgan fingerprint density at radius 1 is 1.03 bits per heavy atom. The van der Waals surface area contributed by atoms with Crippen molar-refractivity contribution in [2.24, 2.45) is 10.9 Å². The van der Waals surface area contributed by atoms with Gasteiger partial charge >= 0.3 is 0 Å². The topological polar surface area (TPSA) is 60.0 Å². The van der Waals surface area contributed by atoms with Gasteiger partial charge in [0.2, 0.25) is 5.91 Å². The van der Waals surface area contributed by atoms with Crippen LogP contribution in [0.5, 0.6) is 0 Å². The summed E-state index contributed by atoms with van der Waals surface area (Å²) in [5.41, 5.74) is 1.69. The number of rotatable bonds is 7. The van der Waals surface area contributed by atoms with E-state index in [1.807, 2.05) is 7.05 Å². The molecule has 1 aromatic carbocycles. The Balaban J connectivity index is 1.16. The first-order chi connectivity index (χ1) is 15.2. The van der Waals surface area contributed by atoms with E-state index in [2.05, 4.69) is 55.8 Å². The lowest BCUT2D eigenvalue weighted by Crippen LogP contribution is -2.52. The number of aliphatic imine (C=N–C) groups is 1. The molecule has 2 N–H and O–H groups in total. The monoisotopic (exact) mass is 425 g/mol. The molecule has 0 spiro atoms. The summed E-state index contributed by atoms with van der Waals surface area (Å²) >= 11 is 0. The summed E-state index contributed by atoms with van der Waals surface area (Å²) in [5, 5.41) is 7.05. The third-order valence-electron chi connectivity index (χ3n) is 7.62. The predicted octanol–water partition coefficient (Wildman–Crippen LogP) is 2.61. The van der Waals surface area contributed by atoms with Crippen LogP contribution in [-0.2, 0) is 10.2 Å². The zero-order valence-corrected chi connectivity index (χ0v) is 19.1. The van der Waals surface area contributed by atoms with Gasteiger partial charge in [-0.1, -0.05) is 49.6 Å². The summed E-state index contributed by atoms with van der Waals surface area (Å²) in [5.74, 6) is 1.60. The summed E-state index contributed by atoms with van der Waals surface area (Å²) in [6.07, 6.45) is 8.43. The Morgan fingerprint density at radius 2 is 1.74 bits per heavy atom. The van der Waals surface area contributed by atoms with Crippen LogP contribution in [0.1, 0.15) is 50.5 Å². The third kappa shape index (κ3) is 5.40. The SMILES string of the molecule is CN=C(NCCN1CCN(C(=O)C2CCCC2)CC1)NCC1(c2ccccc2)CCC1. The number of hydrogen-bond donors (Lipinski definition) is 2. The molecule has 1 heterocycles. The second-order valence-electron chi connectivity index (χ2n) is 9.50. The second-order valence-corrected chi connectivity index (χ2v) is 9.50. The molecule has 1 amide bonds. The Kier molecular flexibility index (Phi) is 7.49. The molecule has 6 heteroatoms. The number of hydrogen-bond acceptors (Lipinski definition) is 3. The first kappa shape index (κ1) is 22.1. The highest BCUT2D eigenvalue weighted by molar-refractivity contribution is 5.80. The molecule has 170 valence electrons. The number of carbonyl (C=O) groups excluding carboxylic acids is 1. The van der Waals surface area contributed by atoms with Gasteiger partial charge in [0, 0.05) is 64.2 Å². The molecule has 1 aliphatic heterocycles. The van der Waals surface area contributed by atoms with Gasteiger partial charge in [0.15, 0.2) is 5.96 Å². The molecule has 1 aromatic rings. The average molecular weight is 426 g/mol. The van der Waals surface area contributed by atoms with Crippen LogP contribution in [0.25, 0.3) is 0 Å². The first-order valence-electron chi connectivity index (χ1n) is 12.2. The Labute approximate surface area is 187 Å². The number of benzene rings is 1. The Bertz CT molecular complexity index is 732. The van der Waals surface area contributed by atoms with E-state index in [1.54, 1.807) is 0 Å². The van der Waals surface area contributed by atoms with Gasteiger partial charge in [0.05, 0.1) is 0 Å². The van der Waals surface area contributed by atoms with Gasteiger partial charge in [-0.3, -0.25) is 14.7 Å². The van der Waals surface area contributed by atoms with E-state index in [0.717, 1.165) is 64.6 Å². The maximum atomic E-state index is 12.6. The number of piperazine rings is 1. The van der Waals surface area contributed by atoms with Crippen molar-refractivity contribution < 1.29 is 4.79 Å². The van der Waals surface area contributed by atoms with Gasteiger partial charge in [-0.25, -0.2) is 0 Å². The van der Waals surface area contributed by atoms with E-state index >= 15 is 0 Å². The van der Waals surface area contributed by atoms with Crippen LogP contribution in [0.2, 0.25) is 0 Å². The maximum Gasteiger partial charge on any atom is 0.225 e. The molecule has 0 bridgehead atoms. The summed E-state index contributed by atoms with van der Waals surface area (Å²) in [6.45, 7) is 6.49. The molecule has 0 aromatic heterocycles. The predicted molar refractivity (Wildman–Crippen MR) is 126 cm³/mol. The fourth-order valence-corrected chi connectivity index (χ4v) is 5.39. The minimum Gasteiger partial charge on any atom is -0.356 e. The minimum atomic E-state index is 0.251. The lowest BCUT2D eigenvalue weighted by molar-refractivity contribution is -0.137. The molecule has 3 fully saturated rings. The molecular weight excluding hydrogens is 386 g/mol. The highest BCUT2D eigenvalue weighted by atomic mass is 16.2. The van der Waals surface area contributed by atoms with Gasteiger partial charge in [-0.2, -0.15) is 0 Å². The Morgan fingerprint density at radius 3 is 2.35 bits per heavy atom. The van der Waals surface area contributed by atoms with Crippen molar-refractivity contribution in [3.8, 4) is 0 Å². The van der Waals surface area contributed by atoms with Crippen LogP contribution in [0.4, 0.5) is 0 Å². The van der Waals surface area contributed by atoms with E-state index < -0.39 is 0 Å². The summed E-state index contributed by atoms with van der Waals surface area (Å²) in [6, 6.07) is 10.9. The van der Waals surface area contributed by atoms with Gasteiger partial charge in [0.25, 0.3) is 0 Å². The van der Waals surface area contributed by atoms with Crippen molar-refractivity contribution in [3.63, 3.8) is 0 Å². The zero-order chi connectivity index (χ0) is 21.5. The normalized spacial score (nSPS) is 22.2. The highest BCUT2D eigenvalue weighted by Crippen LogP contribution is 2.43. The fraction of sp³-hybridized carbons (Fsp3) is 0.680. The van der Waals surface area contributed by atoms with Crippen molar-refractivity contribution >= 4 is 11.9 Å². The van der Waals surface area contributed by atoms with Crippen molar-refractivity contribution in [1.29, 1.82) is 0 Å². The number of amides is 1. The van der Waals surface area contributed by atoms with Crippen LogP contribution in [0.15, 0.2) is 35.3 Å². The molecule has 2 aliphatic carbocycles. The average Bonchev–Trinajstić information content (AvgIpc) is 3.33. The van der Waals surface area contributed by atoms with Crippen LogP contribution in [0.3, 0.4) is 0 Å². The molecule has 0 atom stereocenters. The molecule has 1 saturated heterocycles. The second kappa shape index (κ2) is 10.5. The van der Waals surface area contributed by atoms with Crippen LogP contribution in [0, 0.1) is 5.92 Å². The minimum absolute atomic E-state index is 0.251. The lowest BCUT2D eigenvalue weighted by Gasteiger charge is -2.43. The number of nitrogens with one attached hydrogen (secondary N) is 2. The molecule has 0 unspecified atom stereocenters. The number of carbonyl (C=O) groups is 1. The number of guanidine groups is 1. The maximum absolute atomic E-state index is 12.6. The molecule has 6 nitrogen and oxygen atoms in total. The van der Waals surface area contributed by atoms with Gasteiger partial charge in [-0.05, 0) is 31.2 Å². The third-order valence-corrected chi connectivity index (χ3v) is 7.62. The van der Waals surface area contributed by atoms with Gasteiger partial charge in [-0.15, -0.1) is 0 Å². The smallest absolute Gasteiger partial charge is 0.225 e. The van der Waals surface area contributed by atoms with E-state index in [0.29, 0.717) is 11.8 Å². The standard InChI is InChI=1S/C25H39N5O/c1-26-24(28-20-25(12-7-13-25)22-10-3-2-4-11-22)27-14-15-29-16-18-30(19-17-29)23(31)21-8-5-6-9-21/h2-4,10-11,21H,5-9,12-20H2,1H3,(H2,26,27,28). The van der Waals surface area contributed by atoms with Crippen LogP contribution in [-0.4, -0.2) is 74.5 Å². The van der Waals surface area contributed by atoms with Gasteiger partial charge in [0.1, 0.15) is 0 Å². The van der Waals surface area contributed by atoms with Gasteiger partial charge < -0.3 is 15.5 Å². The first-order valence-corrected chi connectivity index (χ1v) is 12.2. The van der Waals surface area contributed by atoms with E-state index in [-0.39, 0.29) is 5.41 Å². The Hall–Kier alpha value is -2.08. The largest absolute Gasteiger partial charge is 0.356 e. The molecule has 2 saturated carbocycles. The van der Waals surface area contributed by atoms with Crippen molar-refractivity contribution in [2.75, 3.05) is 52.9 Å². The molecule has 0 radical (unpaired) electrons. The zero-order valence-electron chi connectivity index (χ0n) is 19.1. The summed E-state index contributed by atoms with van der Waals surface area (Å²) in [4.78, 5) is 21.6. The highest BCUT2D eigenvalue weighted by Gasteiger charge is 2.38. The lowest BCUT2D eigenvalue weighted by atomic mass is 9.64. The van der Waals surface area contributed by atoms with Crippen molar-refractivity contribution in [1.82, 2.24) is 20.4 Å². The van der Waals surface area contributed by atoms with E-state index in [9.17, 15) is 4.79 Å². The van der Waals surface area contributed by atoms with E-state index in [1.165, 1.54) is 37.7 Å². The molecule has 3 aliphatic rings. The van der Waals surface area contributed by atoms with Crippen LogP contribution < -0.4 is 10.6 Å². The van der Waals surface area contributed by atoms with Crippen molar-refractivity contribution in [3.05, 3.63) is 35.9 Å². The summed E-state index contributed by atoms with van der Waals surface area (Å²) in [7, 11) is 1.85. The number of nitrogens with zero attached hydrogens (tertiary/aromatic N) is 3. The van der Waals surface area contributed by atoms with E-state index in [4.69, 9.17) is 0 Å². The fourth-order valence-electron chi connectivity index (χ4n) is 5.39.